The number of rotatable bonds is 5. The number of hydrogen-bond donors (Lipinski definition) is 0. The van der Waals surface area contributed by atoms with Crippen molar-refractivity contribution < 1.29 is 9.59 Å². The zero-order valence-corrected chi connectivity index (χ0v) is 16.0. The van der Waals surface area contributed by atoms with Crippen LogP contribution in [0.3, 0.4) is 0 Å². The van der Waals surface area contributed by atoms with Gasteiger partial charge in [-0.15, -0.1) is 0 Å². The molecule has 0 aliphatic carbocycles. The third kappa shape index (κ3) is 4.21. The van der Waals surface area contributed by atoms with Crippen molar-refractivity contribution in [2.45, 2.75) is 45.2 Å². The molecule has 2 aromatic rings. The number of piperidine rings is 2. The van der Waals surface area contributed by atoms with E-state index < -0.39 is 0 Å². The summed E-state index contributed by atoms with van der Waals surface area (Å²) in [6.07, 6.45) is 10.6. The molecule has 0 aromatic carbocycles. The van der Waals surface area contributed by atoms with E-state index in [2.05, 4.69) is 15.1 Å². The van der Waals surface area contributed by atoms with E-state index in [4.69, 9.17) is 0 Å². The van der Waals surface area contributed by atoms with Crippen LogP contribution in [0.1, 0.15) is 37.7 Å². The molecular weight excluding hydrogens is 356 g/mol. The van der Waals surface area contributed by atoms with E-state index in [0.29, 0.717) is 32.5 Å². The quantitative estimate of drug-likeness (QED) is 0.782. The molecule has 2 aliphatic heterocycles. The lowest BCUT2D eigenvalue weighted by Gasteiger charge is -2.48. The van der Waals surface area contributed by atoms with Crippen molar-refractivity contribution in [1.29, 1.82) is 0 Å². The van der Waals surface area contributed by atoms with Gasteiger partial charge in [0.15, 0.2) is 0 Å². The number of amides is 2. The second-order valence-corrected chi connectivity index (χ2v) is 7.94. The summed E-state index contributed by atoms with van der Waals surface area (Å²) < 4.78 is 1.69. The number of aromatic nitrogens is 4. The first-order valence-corrected chi connectivity index (χ1v) is 9.90. The summed E-state index contributed by atoms with van der Waals surface area (Å²) in [5.74, 6) is 0.356. The molecule has 2 aliphatic rings. The lowest BCUT2D eigenvalue weighted by Crippen LogP contribution is -2.54. The second-order valence-electron chi connectivity index (χ2n) is 7.94. The molecular formula is C20H26N6O2. The lowest BCUT2D eigenvalue weighted by molar-refractivity contribution is -0.143. The van der Waals surface area contributed by atoms with Gasteiger partial charge in [0.2, 0.25) is 11.8 Å². The van der Waals surface area contributed by atoms with E-state index in [1.165, 1.54) is 6.33 Å². The van der Waals surface area contributed by atoms with Crippen molar-refractivity contribution in [3.05, 3.63) is 42.7 Å². The smallest absolute Gasteiger partial charge is 0.224 e. The number of aryl methyl sites for hydroxylation is 1. The Labute approximate surface area is 164 Å². The summed E-state index contributed by atoms with van der Waals surface area (Å²) >= 11 is 0. The van der Waals surface area contributed by atoms with Crippen LogP contribution in [-0.2, 0) is 22.7 Å². The molecule has 28 heavy (non-hydrogen) atoms. The second kappa shape index (κ2) is 8.08. The molecule has 1 atom stereocenters. The highest BCUT2D eigenvalue weighted by Crippen LogP contribution is 2.39. The molecule has 2 fully saturated rings. The molecule has 1 spiro atoms. The summed E-state index contributed by atoms with van der Waals surface area (Å²) in [7, 11) is 0. The molecule has 148 valence electrons. The van der Waals surface area contributed by atoms with E-state index in [0.717, 1.165) is 37.9 Å². The topological polar surface area (TPSA) is 84.2 Å². The van der Waals surface area contributed by atoms with E-state index in [1.54, 1.807) is 17.2 Å². The fraction of sp³-hybridized carbons (Fsp3) is 0.550. The zero-order valence-electron chi connectivity index (χ0n) is 16.0. The maximum Gasteiger partial charge on any atom is 0.224 e. The minimum Gasteiger partial charge on any atom is -0.342 e. The van der Waals surface area contributed by atoms with Crippen molar-refractivity contribution >= 4 is 11.8 Å². The van der Waals surface area contributed by atoms with Crippen molar-refractivity contribution in [3.63, 3.8) is 0 Å². The van der Waals surface area contributed by atoms with Crippen LogP contribution in [0.25, 0.3) is 0 Å². The minimum atomic E-state index is 0.0112. The van der Waals surface area contributed by atoms with Crippen molar-refractivity contribution in [3.8, 4) is 0 Å². The maximum absolute atomic E-state index is 12.7. The first-order valence-electron chi connectivity index (χ1n) is 9.90. The first kappa shape index (κ1) is 18.6. The summed E-state index contributed by atoms with van der Waals surface area (Å²) in [5, 5.41) is 4.06. The molecule has 0 bridgehead atoms. The van der Waals surface area contributed by atoms with Crippen LogP contribution < -0.4 is 0 Å². The van der Waals surface area contributed by atoms with Crippen molar-refractivity contribution in [2.24, 2.45) is 5.41 Å². The van der Waals surface area contributed by atoms with E-state index in [9.17, 15) is 9.59 Å². The van der Waals surface area contributed by atoms with Gasteiger partial charge in [-0.3, -0.25) is 19.3 Å². The van der Waals surface area contributed by atoms with E-state index in [1.807, 2.05) is 28.1 Å². The van der Waals surface area contributed by atoms with Gasteiger partial charge < -0.3 is 9.80 Å². The Hall–Kier alpha value is -2.77. The number of hydrogen-bond acceptors (Lipinski definition) is 5. The molecule has 2 aromatic heterocycles. The SMILES string of the molecule is O=C(CCn1cncn1)N1CCCC2(CCC(=O)N(Cc3cccnc3)C2)C1. The third-order valence-corrected chi connectivity index (χ3v) is 5.88. The summed E-state index contributed by atoms with van der Waals surface area (Å²) in [5.41, 5.74) is 1.06. The minimum absolute atomic E-state index is 0.0112. The highest BCUT2D eigenvalue weighted by molar-refractivity contribution is 5.78. The van der Waals surface area contributed by atoms with Gasteiger partial charge in [0.05, 0.1) is 6.54 Å². The predicted molar refractivity (Wildman–Crippen MR) is 102 cm³/mol. The summed E-state index contributed by atoms with van der Waals surface area (Å²) in [4.78, 5) is 37.2. The molecule has 1 unspecified atom stereocenters. The fourth-order valence-electron chi connectivity index (χ4n) is 4.43. The van der Waals surface area contributed by atoms with Crippen molar-refractivity contribution in [2.75, 3.05) is 19.6 Å². The number of pyridine rings is 1. The maximum atomic E-state index is 12.7. The van der Waals surface area contributed by atoms with Gasteiger partial charge in [-0.2, -0.15) is 5.10 Å². The average molecular weight is 382 g/mol. The highest BCUT2D eigenvalue weighted by Gasteiger charge is 2.42. The van der Waals surface area contributed by atoms with Gasteiger partial charge in [0.1, 0.15) is 12.7 Å². The predicted octanol–water partition coefficient (Wildman–Crippen LogP) is 1.49. The largest absolute Gasteiger partial charge is 0.342 e. The van der Waals surface area contributed by atoms with Crippen LogP contribution in [0.5, 0.6) is 0 Å². The molecule has 0 N–H and O–H groups in total. The monoisotopic (exact) mass is 382 g/mol. The standard InChI is InChI=1S/C20H26N6O2/c27-18-4-7-20(14-25(18)12-17-3-1-8-21-11-17)6-2-9-24(13-20)19(28)5-10-26-16-22-15-23-26/h1,3,8,11,15-16H,2,4-7,9-10,12-14H2. The Morgan fingerprint density at radius 1 is 1.21 bits per heavy atom. The van der Waals surface area contributed by atoms with Crippen LogP contribution in [0, 0.1) is 5.41 Å². The Morgan fingerprint density at radius 2 is 2.14 bits per heavy atom. The molecule has 2 saturated heterocycles. The number of nitrogens with zero attached hydrogens (tertiary/aromatic N) is 6. The van der Waals surface area contributed by atoms with Gasteiger partial charge in [-0.1, -0.05) is 6.07 Å². The third-order valence-electron chi connectivity index (χ3n) is 5.88. The Morgan fingerprint density at radius 3 is 2.93 bits per heavy atom. The van der Waals surface area contributed by atoms with Gasteiger partial charge in [0, 0.05) is 56.8 Å². The Balaban J connectivity index is 1.39. The van der Waals surface area contributed by atoms with Gasteiger partial charge in [-0.25, -0.2) is 4.98 Å². The molecule has 4 rings (SSSR count). The fourth-order valence-corrected chi connectivity index (χ4v) is 4.43. The molecule has 0 radical (unpaired) electrons. The number of carbonyl (C=O) groups is 2. The zero-order chi connectivity index (χ0) is 19.4. The van der Waals surface area contributed by atoms with Gasteiger partial charge in [0.25, 0.3) is 0 Å². The lowest BCUT2D eigenvalue weighted by atomic mass is 9.73. The summed E-state index contributed by atoms with van der Waals surface area (Å²) in [6.45, 7) is 3.39. The van der Waals surface area contributed by atoms with Gasteiger partial charge in [-0.05, 0) is 30.9 Å². The molecule has 8 nitrogen and oxygen atoms in total. The average Bonchev–Trinajstić information content (AvgIpc) is 3.24. The van der Waals surface area contributed by atoms with E-state index >= 15 is 0 Å². The van der Waals surface area contributed by atoms with Crippen LogP contribution >= 0.6 is 0 Å². The van der Waals surface area contributed by atoms with Crippen molar-refractivity contribution in [1.82, 2.24) is 29.5 Å². The molecule has 0 saturated carbocycles. The molecule has 8 heteroatoms. The van der Waals surface area contributed by atoms with Crippen LogP contribution in [0.4, 0.5) is 0 Å². The highest BCUT2D eigenvalue weighted by atomic mass is 16.2. The Kier molecular flexibility index (Phi) is 5.36. The van der Waals surface area contributed by atoms with Gasteiger partial charge >= 0.3 is 0 Å². The molecule has 4 heterocycles. The van der Waals surface area contributed by atoms with E-state index in [-0.39, 0.29) is 17.2 Å². The van der Waals surface area contributed by atoms with Crippen LogP contribution in [0.2, 0.25) is 0 Å². The normalized spacial score (nSPS) is 22.6. The van der Waals surface area contributed by atoms with Crippen LogP contribution in [-0.4, -0.2) is 61.0 Å². The summed E-state index contributed by atoms with van der Waals surface area (Å²) in [6, 6.07) is 3.90. The first-order chi connectivity index (χ1) is 13.6. The Bertz CT molecular complexity index is 809. The van der Waals surface area contributed by atoms with Crippen LogP contribution in [0.15, 0.2) is 37.2 Å². The number of carbonyl (C=O) groups excluding carboxylic acids is 2. The molecule has 2 amide bonds. The number of likely N-dealkylation sites (tertiary alicyclic amines) is 2.